The first-order chi connectivity index (χ1) is 7.65. The number of rotatable bonds is 3. The molecule has 0 fully saturated rings. The van der Waals surface area contributed by atoms with Crippen molar-refractivity contribution in [1.29, 1.82) is 0 Å². The van der Waals surface area contributed by atoms with Crippen molar-refractivity contribution < 1.29 is 13.7 Å². The van der Waals surface area contributed by atoms with Gasteiger partial charge in [0.05, 0.1) is 0 Å². The molecular formula is C11H9BrFNO2. The summed E-state index contributed by atoms with van der Waals surface area (Å²) in [7, 11) is 0. The first kappa shape index (κ1) is 11.1. The van der Waals surface area contributed by atoms with Crippen molar-refractivity contribution in [3.63, 3.8) is 0 Å². The lowest BCUT2D eigenvalue weighted by Crippen LogP contribution is -1.97. The van der Waals surface area contributed by atoms with Crippen LogP contribution in [0.1, 0.15) is 11.5 Å². The van der Waals surface area contributed by atoms with E-state index in [1.165, 1.54) is 6.07 Å². The highest BCUT2D eigenvalue weighted by atomic mass is 79.9. The van der Waals surface area contributed by atoms with Crippen LogP contribution in [0.2, 0.25) is 0 Å². The highest BCUT2D eigenvalue weighted by Gasteiger charge is 2.06. The zero-order chi connectivity index (χ0) is 11.5. The molecular weight excluding hydrogens is 277 g/mol. The fourth-order valence-corrected chi connectivity index (χ4v) is 1.57. The lowest BCUT2D eigenvalue weighted by molar-refractivity contribution is 0.275. The van der Waals surface area contributed by atoms with Gasteiger partial charge in [-0.1, -0.05) is 21.1 Å². The first-order valence-corrected chi connectivity index (χ1v) is 5.44. The molecule has 0 aliphatic heterocycles. The number of aromatic nitrogens is 1. The second kappa shape index (κ2) is 4.65. The highest BCUT2D eigenvalue weighted by molar-refractivity contribution is 9.10. The van der Waals surface area contributed by atoms with Gasteiger partial charge in [-0.15, -0.1) is 0 Å². The Morgan fingerprint density at radius 2 is 2.25 bits per heavy atom. The summed E-state index contributed by atoms with van der Waals surface area (Å²) in [5.41, 5.74) is 0.636. The minimum absolute atomic E-state index is 0.185. The van der Waals surface area contributed by atoms with Crippen LogP contribution in [0.5, 0.6) is 5.75 Å². The molecule has 0 aliphatic rings. The second-order valence-electron chi connectivity index (χ2n) is 3.29. The Morgan fingerprint density at radius 3 is 2.94 bits per heavy atom. The van der Waals surface area contributed by atoms with E-state index in [2.05, 4.69) is 21.1 Å². The van der Waals surface area contributed by atoms with Gasteiger partial charge in [0.25, 0.3) is 0 Å². The Labute approximate surface area is 100 Å². The molecule has 0 saturated carbocycles. The van der Waals surface area contributed by atoms with E-state index in [0.717, 1.165) is 4.47 Å². The average molecular weight is 286 g/mol. The predicted octanol–water partition coefficient (Wildman–Crippen LogP) is 3.46. The minimum atomic E-state index is -0.400. The van der Waals surface area contributed by atoms with E-state index in [-0.39, 0.29) is 12.4 Å². The van der Waals surface area contributed by atoms with E-state index in [1.54, 1.807) is 25.1 Å². The molecule has 0 amide bonds. The molecule has 0 aliphatic carbocycles. The minimum Gasteiger partial charge on any atom is -0.484 e. The lowest BCUT2D eigenvalue weighted by atomic mass is 10.3. The molecule has 16 heavy (non-hydrogen) atoms. The standard InChI is InChI=1S/C11H9BrFNO2/c1-7-4-9(14-16-7)6-15-11-5-8(12)2-3-10(11)13/h2-5H,6H2,1H3. The summed E-state index contributed by atoms with van der Waals surface area (Å²) in [6.07, 6.45) is 0. The summed E-state index contributed by atoms with van der Waals surface area (Å²) in [4.78, 5) is 0. The van der Waals surface area contributed by atoms with E-state index in [1.807, 2.05) is 0 Å². The molecule has 2 aromatic rings. The maximum absolute atomic E-state index is 13.3. The van der Waals surface area contributed by atoms with E-state index >= 15 is 0 Å². The normalized spacial score (nSPS) is 10.4. The smallest absolute Gasteiger partial charge is 0.165 e. The van der Waals surface area contributed by atoms with Crippen molar-refractivity contribution in [2.75, 3.05) is 0 Å². The number of aryl methyl sites for hydroxylation is 1. The van der Waals surface area contributed by atoms with Gasteiger partial charge in [-0.2, -0.15) is 0 Å². The molecule has 3 nitrogen and oxygen atoms in total. The largest absolute Gasteiger partial charge is 0.484 e. The fraction of sp³-hybridized carbons (Fsp3) is 0.182. The van der Waals surface area contributed by atoms with Crippen molar-refractivity contribution in [2.24, 2.45) is 0 Å². The van der Waals surface area contributed by atoms with Crippen LogP contribution in [0.4, 0.5) is 4.39 Å². The molecule has 1 aromatic heterocycles. The third-order valence-corrected chi connectivity index (χ3v) is 2.44. The second-order valence-corrected chi connectivity index (χ2v) is 4.21. The SMILES string of the molecule is Cc1cc(COc2cc(Br)ccc2F)no1. The van der Waals surface area contributed by atoms with Crippen LogP contribution in [0, 0.1) is 12.7 Å². The number of halogens is 2. The molecule has 1 heterocycles. The van der Waals surface area contributed by atoms with Crippen LogP contribution >= 0.6 is 15.9 Å². The molecule has 0 bridgehead atoms. The van der Waals surface area contributed by atoms with Gasteiger partial charge in [0, 0.05) is 10.5 Å². The van der Waals surface area contributed by atoms with Crippen LogP contribution in [0.3, 0.4) is 0 Å². The summed E-state index contributed by atoms with van der Waals surface area (Å²) in [6.45, 7) is 1.97. The van der Waals surface area contributed by atoms with E-state index in [0.29, 0.717) is 11.5 Å². The number of nitrogens with zero attached hydrogens (tertiary/aromatic N) is 1. The zero-order valence-corrected chi connectivity index (χ0v) is 10.1. The number of hydrogen-bond acceptors (Lipinski definition) is 3. The van der Waals surface area contributed by atoms with Gasteiger partial charge in [-0.05, 0) is 25.1 Å². The molecule has 1 aromatic carbocycles. The maximum Gasteiger partial charge on any atom is 0.165 e. The molecule has 0 radical (unpaired) electrons. The quantitative estimate of drug-likeness (QED) is 0.866. The summed E-state index contributed by atoms with van der Waals surface area (Å²) in [5.74, 6) is 0.492. The van der Waals surface area contributed by atoms with Crippen LogP contribution in [-0.4, -0.2) is 5.16 Å². The fourth-order valence-electron chi connectivity index (χ4n) is 1.23. The highest BCUT2D eigenvalue weighted by Crippen LogP contribution is 2.23. The van der Waals surface area contributed by atoms with Gasteiger partial charge >= 0.3 is 0 Å². The predicted molar refractivity (Wildman–Crippen MR) is 59.7 cm³/mol. The van der Waals surface area contributed by atoms with E-state index in [4.69, 9.17) is 9.26 Å². The Bertz CT molecular complexity index is 498. The third-order valence-electron chi connectivity index (χ3n) is 1.95. The maximum atomic E-state index is 13.3. The topological polar surface area (TPSA) is 35.3 Å². The summed E-state index contributed by atoms with van der Waals surface area (Å²) >= 11 is 3.25. The summed E-state index contributed by atoms with van der Waals surface area (Å²) in [5, 5.41) is 3.75. The average Bonchev–Trinajstić information content (AvgIpc) is 2.66. The molecule has 0 atom stereocenters. The molecule has 84 valence electrons. The Morgan fingerprint density at radius 1 is 1.44 bits per heavy atom. The molecule has 0 spiro atoms. The number of benzene rings is 1. The van der Waals surface area contributed by atoms with Gasteiger partial charge in [0.15, 0.2) is 11.6 Å². The van der Waals surface area contributed by atoms with Gasteiger partial charge in [0.1, 0.15) is 18.1 Å². The van der Waals surface area contributed by atoms with Crippen LogP contribution in [-0.2, 0) is 6.61 Å². The molecule has 0 saturated heterocycles. The van der Waals surface area contributed by atoms with Crippen LogP contribution in [0.15, 0.2) is 33.3 Å². The van der Waals surface area contributed by atoms with Crippen LogP contribution in [0.25, 0.3) is 0 Å². The molecule has 2 rings (SSSR count). The van der Waals surface area contributed by atoms with E-state index < -0.39 is 5.82 Å². The first-order valence-electron chi connectivity index (χ1n) is 4.65. The zero-order valence-electron chi connectivity index (χ0n) is 8.54. The Kier molecular flexibility index (Phi) is 3.24. The van der Waals surface area contributed by atoms with E-state index in [9.17, 15) is 4.39 Å². The van der Waals surface area contributed by atoms with Crippen molar-refractivity contribution in [2.45, 2.75) is 13.5 Å². The lowest BCUT2D eigenvalue weighted by Gasteiger charge is -2.05. The number of ether oxygens (including phenoxy) is 1. The third kappa shape index (κ3) is 2.61. The molecule has 0 unspecified atom stereocenters. The monoisotopic (exact) mass is 285 g/mol. The van der Waals surface area contributed by atoms with Gasteiger partial charge in [-0.3, -0.25) is 0 Å². The summed E-state index contributed by atoms with van der Waals surface area (Å²) in [6, 6.07) is 6.27. The van der Waals surface area contributed by atoms with Gasteiger partial charge in [0.2, 0.25) is 0 Å². The van der Waals surface area contributed by atoms with Crippen molar-refractivity contribution >= 4 is 15.9 Å². The summed E-state index contributed by atoms with van der Waals surface area (Å²) < 4.78 is 24.2. The number of hydrogen-bond donors (Lipinski definition) is 0. The Hall–Kier alpha value is -1.36. The van der Waals surface area contributed by atoms with Crippen molar-refractivity contribution in [3.8, 4) is 5.75 Å². The van der Waals surface area contributed by atoms with Gasteiger partial charge < -0.3 is 9.26 Å². The molecule has 5 heteroatoms. The van der Waals surface area contributed by atoms with Crippen LogP contribution < -0.4 is 4.74 Å². The van der Waals surface area contributed by atoms with Crippen molar-refractivity contribution in [3.05, 3.63) is 46.0 Å². The van der Waals surface area contributed by atoms with Gasteiger partial charge in [-0.25, -0.2) is 4.39 Å². The Balaban J connectivity index is 2.07. The van der Waals surface area contributed by atoms with Crippen molar-refractivity contribution in [1.82, 2.24) is 5.16 Å². The molecule has 0 N–H and O–H groups in total.